The Labute approximate surface area is 226 Å². The maximum absolute atomic E-state index is 13.7. The van der Waals surface area contributed by atoms with Crippen LogP contribution in [0, 0.1) is 20.8 Å². The molecule has 1 aliphatic carbocycles. The van der Waals surface area contributed by atoms with Gasteiger partial charge >= 0.3 is 0 Å². The molecule has 0 unspecified atom stereocenters. The molecule has 0 fully saturated rings. The molecule has 1 aliphatic rings. The number of ether oxygens (including phenoxy) is 3. The fourth-order valence-electron chi connectivity index (χ4n) is 4.86. The molecule has 0 saturated carbocycles. The minimum Gasteiger partial charge on any atom is -0.489 e. The van der Waals surface area contributed by atoms with E-state index in [1.54, 1.807) is 58.2 Å². The number of nitrogens with one attached hydrogen (secondary N) is 1. The Morgan fingerprint density at radius 3 is 2.13 bits per heavy atom. The van der Waals surface area contributed by atoms with Crippen molar-refractivity contribution in [3.05, 3.63) is 75.3 Å². The second-order valence-corrected chi connectivity index (χ2v) is 10.5. The van der Waals surface area contributed by atoms with E-state index in [1.807, 2.05) is 0 Å². The van der Waals surface area contributed by atoms with Crippen LogP contribution in [0.5, 0.6) is 5.75 Å². The zero-order chi connectivity index (χ0) is 28.5. The first-order valence-corrected chi connectivity index (χ1v) is 13.6. The van der Waals surface area contributed by atoms with Gasteiger partial charge in [-0.3, -0.25) is 14.1 Å². The standard InChI is InChI=1S/C28H30N2O8S/c1-15-13-16(2)28(39(33,34)35)17(3)25(15)30-20-14-21(38-12-11-37-10-9-36-4)24(29)23-22(20)26(31)18-7-5-6-8-19(18)27(23)32/h5-8,13-14,30H,9-12,29H2,1-4H3,(H,33,34,35). The van der Waals surface area contributed by atoms with Gasteiger partial charge in [0.15, 0.2) is 11.6 Å². The number of rotatable bonds is 10. The van der Waals surface area contributed by atoms with Gasteiger partial charge in [0, 0.05) is 30.0 Å². The number of benzene rings is 3. The quantitative estimate of drug-likeness (QED) is 0.149. The van der Waals surface area contributed by atoms with Crippen LogP contribution in [-0.2, 0) is 19.6 Å². The highest BCUT2D eigenvalue weighted by Gasteiger charge is 2.35. The molecule has 4 rings (SSSR count). The monoisotopic (exact) mass is 554 g/mol. The van der Waals surface area contributed by atoms with Crippen LogP contribution in [0.25, 0.3) is 0 Å². The molecule has 0 spiro atoms. The molecule has 39 heavy (non-hydrogen) atoms. The molecule has 11 heteroatoms. The first kappa shape index (κ1) is 28.2. The zero-order valence-corrected chi connectivity index (χ0v) is 22.9. The van der Waals surface area contributed by atoms with Gasteiger partial charge in [-0.1, -0.05) is 30.3 Å². The first-order valence-electron chi connectivity index (χ1n) is 12.2. The number of nitrogens with two attached hydrogens (primary N) is 1. The minimum absolute atomic E-state index is 0.00331. The molecule has 0 radical (unpaired) electrons. The number of fused-ring (bicyclic) bond motifs is 2. The third kappa shape index (κ3) is 5.39. The Hall–Kier alpha value is -3.77. The van der Waals surface area contributed by atoms with Crippen molar-refractivity contribution in [1.29, 1.82) is 0 Å². The van der Waals surface area contributed by atoms with Crippen molar-refractivity contribution in [2.24, 2.45) is 0 Å². The van der Waals surface area contributed by atoms with Crippen LogP contribution >= 0.6 is 0 Å². The second kappa shape index (κ2) is 11.1. The lowest BCUT2D eigenvalue weighted by Crippen LogP contribution is -2.24. The number of aryl methyl sites for hydroxylation is 2. The summed E-state index contributed by atoms with van der Waals surface area (Å²) < 4.78 is 50.4. The molecule has 0 aliphatic heterocycles. The Kier molecular flexibility index (Phi) is 8.07. The Morgan fingerprint density at radius 2 is 1.51 bits per heavy atom. The molecule has 0 bridgehead atoms. The molecule has 206 valence electrons. The summed E-state index contributed by atoms with van der Waals surface area (Å²) in [5.41, 5.74) is 8.76. The van der Waals surface area contributed by atoms with E-state index in [-0.39, 0.29) is 63.1 Å². The fourth-order valence-corrected chi connectivity index (χ4v) is 5.81. The topological polar surface area (TPSA) is 154 Å². The predicted octanol–water partition coefficient (Wildman–Crippen LogP) is 4.00. The van der Waals surface area contributed by atoms with E-state index in [0.29, 0.717) is 30.0 Å². The smallest absolute Gasteiger partial charge is 0.295 e. The van der Waals surface area contributed by atoms with Gasteiger partial charge in [-0.15, -0.1) is 0 Å². The molecule has 0 saturated heterocycles. The van der Waals surface area contributed by atoms with Crippen molar-refractivity contribution >= 4 is 38.7 Å². The largest absolute Gasteiger partial charge is 0.489 e. The third-order valence-electron chi connectivity index (χ3n) is 6.54. The van der Waals surface area contributed by atoms with Crippen LogP contribution in [0.3, 0.4) is 0 Å². The summed E-state index contributed by atoms with van der Waals surface area (Å²) in [6.45, 7) is 6.03. The number of ketones is 2. The Bertz CT molecular complexity index is 1580. The lowest BCUT2D eigenvalue weighted by atomic mass is 9.82. The summed E-state index contributed by atoms with van der Waals surface area (Å²) in [6.07, 6.45) is 0. The lowest BCUT2D eigenvalue weighted by Gasteiger charge is -2.25. The van der Waals surface area contributed by atoms with Gasteiger partial charge in [-0.25, -0.2) is 0 Å². The summed E-state index contributed by atoms with van der Waals surface area (Å²) >= 11 is 0. The summed E-state index contributed by atoms with van der Waals surface area (Å²) in [5, 5.41) is 3.14. The number of anilines is 3. The molecule has 0 heterocycles. The molecule has 0 aromatic heterocycles. The van der Waals surface area contributed by atoms with Gasteiger partial charge < -0.3 is 25.3 Å². The summed E-state index contributed by atoms with van der Waals surface area (Å²) in [5.74, 6) is -0.690. The first-order chi connectivity index (χ1) is 18.5. The average molecular weight is 555 g/mol. The van der Waals surface area contributed by atoms with Crippen molar-refractivity contribution in [2.45, 2.75) is 25.7 Å². The van der Waals surface area contributed by atoms with Crippen molar-refractivity contribution in [1.82, 2.24) is 0 Å². The SMILES string of the molecule is COCCOCCOc1cc(Nc2c(C)cc(C)c(S(=O)(=O)O)c2C)c2c(c1N)C(=O)c1ccccc1C2=O. The fraction of sp³-hybridized carbons (Fsp3) is 0.286. The Balaban J connectivity index is 1.86. The Morgan fingerprint density at radius 1 is 0.897 bits per heavy atom. The summed E-state index contributed by atoms with van der Waals surface area (Å²) in [7, 11) is -2.97. The molecule has 10 nitrogen and oxygen atoms in total. The van der Waals surface area contributed by atoms with E-state index in [0.717, 1.165) is 0 Å². The van der Waals surface area contributed by atoms with Crippen LogP contribution in [0.2, 0.25) is 0 Å². The molecular formula is C28H30N2O8S. The highest BCUT2D eigenvalue weighted by Crippen LogP contribution is 2.43. The van der Waals surface area contributed by atoms with E-state index < -0.39 is 21.7 Å². The number of methoxy groups -OCH3 is 1. The normalized spacial score (nSPS) is 12.7. The van der Waals surface area contributed by atoms with Gasteiger partial charge in [0.1, 0.15) is 17.3 Å². The molecule has 0 atom stereocenters. The van der Waals surface area contributed by atoms with Crippen molar-refractivity contribution in [3.63, 3.8) is 0 Å². The molecule has 3 aromatic carbocycles. The molecule has 0 amide bonds. The van der Waals surface area contributed by atoms with E-state index in [1.165, 1.54) is 6.07 Å². The molecule has 3 aromatic rings. The summed E-state index contributed by atoms with van der Waals surface area (Å²) in [6, 6.07) is 9.58. The van der Waals surface area contributed by atoms with Gasteiger partial charge in [0.25, 0.3) is 10.1 Å². The van der Waals surface area contributed by atoms with Crippen molar-refractivity contribution < 1.29 is 36.8 Å². The van der Waals surface area contributed by atoms with Crippen LogP contribution in [0.15, 0.2) is 41.3 Å². The van der Waals surface area contributed by atoms with Crippen LogP contribution in [-0.4, -0.2) is 58.1 Å². The predicted molar refractivity (Wildman–Crippen MR) is 146 cm³/mol. The summed E-state index contributed by atoms with van der Waals surface area (Å²) in [4.78, 5) is 27.0. The maximum atomic E-state index is 13.7. The number of hydrogen-bond donors (Lipinski definition) is 3. The minimum atomic E-state index is -4.54. The van der Waals surface area contributed by atoms with Gasteiger partial charge in [-0.05, 0) is 37.5 Å². The van der Waals surface area contributed by atoms with Gasteiger partial charge in [-0.2, -0.15) is 8.42 Å². The second-order valence-electron chi connectivity index (χ2n) is 9.18. The molecule has 4 N–H and O–H groups in total. The van der Waals surface area contributed by atoms with Gasteiger partial charge in [0.05, 0.1) is 42.3 Å². The van der Waals surface area contributed by atoms with E-state index in [2.05, 4.69) is 5.32 Å². The number of hydrogen-bond acceptors (Lipinski definition) is 9. The van der Waals surface area contributed by atoms with E-state index in [9.17, 15) is 22.6 Å². The number of carbonyl (C=O) groups is 2. The van der Waals surface area contributed by atoms with Crippen LogP contribution in [0.4, 0.5) is 17.1 Å². The molecular weight excluding hydrogens is 524 g/mol. The lowest BCUT2D eigenvalue weighted by molar-refractivity contribution is 0.0545. The van der Waals surface area contributed by atoms with E-state index in [4.69, 9.17) is 19.9 Å². The van der Waals surface area contributed by atoms with Crippen molar-refractivity contribution in [2.75, 3.05) is 44.6 Å². The highest BCUT2D eigenvalue weighted by atomic mass is 32.2. The van der Waals surface area contributed by atoms with Crippen LogP contribution in [0.1, 0.15) is 48.5 Å². The zero-order valence-electron chi connectivity index (χ0n) is 22.1. The third-order valence-corrected chi connectivity index (χ3v) is 7.68. The maximum Gasteiger partial charge on any atom is 0.295 e. The van der Waals surface area contributed by atoms with Gasteiger partial charge in [0.2, 0.25) is 0 Å². The average Bonchev–Trinajstić information content (AvgIpc) is 2.87. The highest BCUT2D eigenvalue weighted by molar-refractivity contribution is 7.86. The van der Waals surface area contributed by atoms with Crippen LogP contribution < -0.4 is 15.8 Å². The number of carbonyl (C=O) groups excluding carboxylic acids is 2. The number of nitrogen functional groups attached to an aromatic ring is 1. The van der Waals surface area contributed by atoms with E-state index >= 15 is 0 Å². The van der Waals surface area contributed by atoms with Crippen molar-refractivity contribution in [3.8, 4) is 5.75 Å².